The molecule has 1 N–H and O–H groups in total. The Balaban J connectivity index is 1.94. The van der Waals surface area contributed by atoms with E-state index in [4.69, 9.17) is 4.74 Å². The molecular formula is C14H20N2O2S. The van der Waals surface area contributed by atoms with Gasteiger partial charge in [0.2, 0.25) is 0 Å². The van der Waals surface area contributed by atoms with Crippen molar-refractivity contribution in [1.82, 2.24) is 10.3 Å². The van der Waals surface area contributed by atoms with Crippen LogP contribution in [0.3, 0.4) is 0 Å². The summed E-state index contributed by atoms with van der Waals surface area (Å²) in [6.07, 6.45) is 7.73. The third-order valence-corrected chi connectivity index (χ3v) is 5.15. The van der Waals surface area contributed by atoms with Crippen LogP contribution in [0.5, 0.6) is 0 Å². The number of pyridine rings is 1. The number of hydrogen-bond donors (Lipinski definition) is 1. The molecule has 0 saturated heterocycles. The summed E-state index contributed by atoms with van der Waals surface area (Å²) in [6, 6.07) is 3.51. The molecule has 19 heavy (non-hydrogen) atoms. The molecule has 1 fully saturated rings. The van der Waals surface area contributed by atoms with Gasteiger partial charge in [0, 0.05) is 24.0 Å². The fourth-order valence-corrected chi connectivity index (χ4v) is 3.25. The van der Waals surface area contributed by atoms with Crippen LogP contribution in [0.15, 0.2) is 18.3 Å². The van der Waals surface area contributed by atoms with Crippen LogP contribution in [0.1, 0.15) is 35.3 Å². The summed E-state index contributed by atoms with van der Waals surface area (Å²) in [5.74, 6) is -0.326. The minimum atomic E-state index is -0.326. The molecule has 0 aliphatic heterocycles. The van der Waals surface area contributed by atoms with Gasteiger partial charge in [0.1, 0.15) is 0 Å². The zero-order chi connectivity index (χ0) is 13.7. The zero-order valence-electron chi connectivity index (χ0n) is 11.4. The summed E-state index contributed by atoms with van der Waals surface area (Å²) in [4.78, 5) is 15.9. The highest BCUT2D eigenvalue weighted by molar-refractivity contribution is 8.00. The minimum Gasteiger partial charge on any atom is -0.465 e. The van der Waals surface area contributed by atoms with E-state index in [0.717, 1.165) is 12.2 Å². The molecule has 5 heteroatoms. The lowest BCUT2D eigenvalue weighted by Gasteiger charge is -2.40. The number of nitrogens with one attached hydrogen (secondary N) is 1. The van der Waals surface area contributed by atoms with Gasteiger partial charge in [-0.3, -0.25) is 4.98 Å². The Morgan fingerprint density at radius 1 is 1.58 bits per heavy atom. The van der Waals surface area contributed by atoms with Crippen LogP contribution in [0, 0.1) is 0 Å². The van der Waals surface area contributed by atoms with Gasteiger partial charge in [-0.1, -0.05) is 6.42 Å². The van der Waals surface area contributed by atoms with Gasteiger partial charge in [0.25, 0.3) is 0 Å². The molecule has 1 aliphatic rings. The van der Waals surface area contributed by atoms with Gasteiger partial charge in [0.15, 0.2) is 0 Å². The Morgan fingerprint density at radius 2 is 2.37 bits per heavy atom. The van der Waals surface area contributed by atoms with E-state index >= 15 is 0 Å². The molecule has 1 heterocycles. The Bertz CT molecular complexity index is 441. The number of rotatable bonds is 6. The van der Waals surface area contributed by atoms with Gasteiger partial charge in [-0.05, 0) is 31.2 Å². The lowest BCUT2D eigenvalue weighted by atomic mass is 9.84. The molecule has 104 valence electrons. The van der Waals surface area contributed by atoms with Crippen molar-refractivity contribution in [2.24, 2.45) is 0 Å². The second kappa shape index (κ2) is 6.39. The fraction of sp³-hybridized carbons (Fsp3) is 0.571. The number of nitrogens with zero attached hydrogens (tertiary/aromatic N) is 1. The highest BCUT2D eigenvalue weighted by atomic mass is 32.2. The summed E-state index contributed by atoms with van der Waals surface area (Å²) >= 11 is 1.93. The predicted octanol–water partition coefficient (Wildman–Crippen LogP) is 2.24. The number of carbonyl (C=O) groups is 1. The smallest absolute Gasteiger partial charge is 0.339 e. The number of methoxy groups -OCH3 is 1. The van der Waals surface area contributed by atoms with Crippen molar-refractivity contribution in [2.45, 2.75) is 30.6 Å². The Kier molecular flexibility index (Phi) is 4.82. The molecule has 1 aromatic rings. The second-order valence-electron chi connectivity index (χ2n) is 4.83. The maximum atomic E-state index is 11.6. The molecule has 2 rings (SSSR count). The maximum absolute atomic E-state index is 11.6. The summed E-state index contributed by atoms with van der Waals surface area (Å²) < 4.78 is 5.16. The minimum absolute atomic E-state index is 0.326. The normalized spacial score (nSPS) is 16.7. The monoisotopic (exact) mass is 280 g/mol. The van der Waals surface area contributed by atoms with Crippen LogP contribution in [-0.4, -0.2) is 35.6 Å². The molecule has 0 spiro atoms. The van der Waals surface area contributed by atoms with Gasteiger partial charge in [-0.25, -0.2) is 4.79 Å². The Morgan fingerprint density at radius 3 is 2.95 bits per heavy atom. The van der Waals surface area contributed by atoms with Crippen molar-refractivity contribution in [2.75, 3.05) is 19.9 Å². The van der Waals surface area contributed by atoms with Gasteiger partial charge in [-0.2, -0.15) is 11.8 Å². The lowest BCUT2D eigenvalue weighted by molar-refractivity contribution is 0.0598. The third-order valence-electron chi connectivity index (χ3n) is 3.73. The standard InChI is InChI=1S/C14H20N2O2S/c1-18-13(17)11-5-3-8-16-12(11)9-15-10-14(19-2)6-4-7-14/h3,5,8,15H,4,6-7,9-10H2,1-2H3. The maximum Gasteiger partial charge on any atom is 0.339 e. The molecule has 0 unspecified atom stereocenters. The summed E-state index contributed by atoms with van der Waals surface area (Å²) in [6.45, 7) is 1.57. The highest BCUT2D eigenvalue weighted by Crippen LogP contribution is 2.42. The number of ether oxygens (including phenoxy) is 1. The quantitative estimate of drug-likeness (QED) is 0.810. The summed E-state index contributed by atoms with van der Waals surface area (Å²) in [7, 11) is 1.39. The van der Waals surface area contributed by atoms with Crippen molar-refractivity contribution in [3.8, 4) is 0 Å². The summed E-state index contributed by atoms with van der Waals surface area (Å²) in [5.41, 5.74) is 1.30. The molecule has 1 aromatic heterocycles. The second-order valence-corrected chi connectivity index (χ2v) is 6.11. The van der Waals surface area contributed by atoms with Crippen molar-refractivity contribution >= 4 is 17.7 Å². The van der Waals surface area contributed by atoms with Crippen LogP contribution in [0.4, 0.5) is 0 Å². The van der Waals surface area contributed by atoms with Gasteiger partial charge in [-0.15, -0.1) is 0 Å². The number of aromatic nitrogens is 1. The first-order chi connectivity index (χ1) is 9.21. The zero-order valence-corrected chi connectivity index (χ0v) is 12.3. The Labute approximate surface area is 118 Å². The molecule has 0 atom stereocenters. The molecule has 0 aromatic carbocycles. The van der Waals surface area contributed by atoms with Crippen molar-refractivity contribution in [3.63, 3.8) is 0 Å². The van der Waals surface area contributed by atoms with E-state index in [1.165, 1.54) is 26.4 Å². The van der Waals surface area contributed by atoms with Gasteiger partial charge < -0.3 is 10.1 Å². The number of thioether (sulfide) groups is 1. The van der Waals surface area contributed by atoms with Crippen LogP contribution in [0.25, 0.3) is 0 Å². The largest absolute Gasteiger partial charge is 0.465 e. The molecule has 0 radical (unpaired) electrons. The number of hydrogen-bond acceptors (Lipinski definition) is 5. The van der Waals surface area contributed by atoms with Crippen LogP contribution in [-0.2, 0) is 11.3 Å². The average Bonchev–Trinajstić information content (AvgIpc) is 2.41. The van der Waals surface area contributed by atoms with E-state index in [1.807, 2.05) is 11.8 Å². The van der Waals surface area contributed by atoms with E-state index in [0.29, 0.717) is 16.9 Å². The molecule has 0 bridgehead atoms. The van der Waals surface area contributed by atoms with Crippen molar-refractivity contribution in [3.05, 3.63) is 29.6 Å². The van der Waals surface area contributed by atoms with Gasteiger partial charge >= 0.3 is 5.97 Å². The molecule has 4 nitrogen and oxygen atoms in total. The fourth-order valence-electron chi connectivity index (χ4n) is 2.31. The van der Waals surface area contributed by atoms with Crippen LogP contribution < -0.4 is 5.32 Å². The van der Waals surface area contributed by atoms with E-state index in [9.17, 15) is 4.79 Å². The topological polar surface area (TPSA) is 51.2 Å². The third kappa shape index (κ3) is 3.28. The molecular weight excluding hydrogens is 260 g/mol. The van der Waals surface area contributed by atoms with E-state index in [1.54, 1.807) is 18.3 Å². The number of esters is 1. The lowest BCUT2D eigenvalue weighted by Crippen LogP contribution is -2.43. The number of carbonyl (C=O) groups excluding carboxylic acids is 1. The van der Waals surface area contributed by atoms with E-state index < -0.39 is 0 Å². The van der Waals surface area contributed by atoms with Crippen LogP contribution >= 0.6 is 11.8 Å². The SMILES string of the molecule is COC(=O)c1cccnc1CNCC1(SC)CCC1. The Hall–Kier alpha value is -1.07. The van der Waals surface area contributed by atoms with Crippen molar-refractivity contribution in [1.29, 1.82) is 0 Å². The van der Waals surface area contributed by atoms with Crippen molar-refractivity contribution < 1.29 is 9.53 Å². The van der Waals surface area contributed by atoms with Crippen LogP contribution in [0.2, 0.25) is 0 Å². The molecule has 0 amide bonds. The first kappa shape index (κ1) is 14.3. The molecule has 1 saturated carbocycles. The average molecular weight is 280 g/mol. The van der Waals surface area contributed by atoms with E-state index in [-0.39, 0.29) is 5.97 Å². The summed E-state index contributed by atoms with van der Waals surface area (Å²) in [5, 5.41) is 3.42. The van der Waals surface area contributed by atoms with E-state index in [2.05, 4.69) is 16.6 Å². The first-order valence-electron chi connectivity index (χ1n) is 6.49. The van der Waals surface area contributed by atoms with Gasteiger partial charge in [0.05, 0.1) is 18.4 Å². The predicted molar refractivity (Wildman–Crippen MR) is 77.4 cm³/mol. The first-order valence-corrected chi connectivity index (χ1v) is 7.71. The highest BCUT2D eigenvalue weighted by Gasteiger charge is 2.35. The molecule has 1 aliphatic carbocycles.